The third-order valence-electron chi connectivity index (χ3n) is 6.64. The van der Waals surface area contributed by atoms with Crippen LogP contribution in [0.1, 0.15) is 0 Å². The van der Waals surface area contributed by atoms with Gasteiger partial charge in [0, 0.05) is 5.56 Å². The molecular formula is C33H22N2O. The number of hydrogen-bond donors (Lipinski definition) is 0. The van der Waals surface area contributed by atoms with Gasteiger partial charge in [-0.1, -0.05) is 97.1 Å². The quantitative estimate of drug-likeness (QED) is 0.262. The Morgan fingerprint density at radius 3 is 2.08 bits per heavy atom. The molecule has 1 aliphatic heterocycles. The van der Waals surface area contributed by atoms with Crippen molar-refractivity contribution in [2.45, 2.75) is 0 Å². The van der Waals surface area contributed by atoms with Crippen molar-refractivity contribution in [1.29, 1.82) is 0 Å². The Morgan fingerprint density at radius 1 is 0.528 bits per heavy atom. The van der Waals surface area contributed by atoms with Gasteiger partial charge in [-0.3, -0.25) is 4.90 Å². The molecule has 0 saturated carbocycles. The number of ether oxygens (including phenoxy) is 1. The third kappa shape index (κ3) is 3.41. The van der Waals surface area contributed by atoms with Crippen molar-refractivity contribution in [3.63, 3.8) is 0 Å². The van der Waals surface area contributed by atoms with Crippen LogP contribution < -0.4 is 9.64 Å². The molecule has 0 spiro atoms. The number of nitrogens with zero attached hydrogens (tertiary/aromatic N) is 2. The predicted molar refractivity (Wildman–Crippen MR) is 147 cm³/mol. The Hall–Kier alpha value is -4.89. The van der Waals surface area contributed by atoms with E-state index in [1.165, 1.54) is 16.5 Å². The number of anilines is 3. The van der Waals surface area contributed by atoms with Crippen LogP contribution in [0.25, 0.3) is 33.2 Å². The van der Waals surface area contributed by atoms with Gasteiger partial charge >= 0.3 is 0 Å². The van der Waals surface area contributed by atoms with E-state index < -0.39 is 0 Å². The summed E-state index contributed by atoms with van der Waals surface area (Å²) in [5, 5.41) is 2.31. The van der Waals surface area contributed by atoms with Crippen molar-refractivity contribution in [1.82, 2.24) is 4.98 Å². The summed E-state index contributed by atoms with van der Waals surface area (Å²) in [6, 6.07) is 45.9. The van der Waals surface area contributed by atoms with E-state index >= 15 is 0 Å². The minimum absolute atomic E-state index is 0.815. The van der Waals surface area contributed by atoms with Crippen molar-refractivity contribution in [3.8, 4) is 33.9 Å². The Morgan fingerprint density at radius 2 is 1.25 bits per heavy atom. The smallest absolute Gasteiger partial charge is 0.152 e. The molecule has 7 rings (SSSR count). The van der Waals surface area contributed by atoms with Crippen LogP contribution in [-0.4, -0.2) is 4.98 Å². The lowest BCUT2D eigenvalue weighted by molar-refractivity contribution is 0.477. The van der Waals surface area contributed by atoms with E-state index in [9.17, 15) is 0 Å². The summed E-state index contributed by atoms with van der Waals surface area (Å²) in [6.45, 7) is 0. The SMILES string of the molecule is c1ccc(-c2cccc(N3c4ccccc4Oc4cc5cccc(-c6ccccc6)c5cc43)n2)cc1. The fourth-order valence-electron chi connectivity index (χ4n) is 4.96. The summed E-state index contributed by atoms with van der Waals surface area (Å²) < 4.78 is 6.43. The van der Waals surface area contributed by atoms with Crippen molar-refractivity contribution in [2.24, 2.45) is 0 Å². The van der Waals surface area contributed by atoms with Crippen molar-refractivity contribution in [3.05, 3.63) is 133 Å². The molecule has 36 heavy (non-hydrogen) atoms. The number of hydrogen-bond acceptors (Lipinski definition) is 3. The maximum atomic E-state index is 6.43. The van der Waals surface area contributed by atoms with Gasteiger partial charge in [-0.05, 0) is 58.3 Å². The third-order valence-corrected chi connectivity index (χ3v) is 6.64. The molecule has 3 heteroatoms. The van der Waals surface area contributed by atoms with E-state index in [-0.39, 0.29) is 0 Å². The second-order valence-electron chi connectivity index (χ2n) is 8.86. The maximum absolute atomic E-state index is 6.43. The molecule has 0 saturated heterocycles. The largest absolute Gasteiger partial charge is 0.453 e. The molecule has 2 heterocycles. The van der Waals surface area contributed by atoms with Crippen LogP contribution in [-0.2, 0) is 0 Å². The molecule has 0 aliphatic carbocycles. The zero-order valence-corrected chi connectivity index (χ0v) is 19.5. The first-order valence-electron chi connectivity index (χ1n) is 12.1. The fourth-order valence-corrected chi connectivity index (χ4v) is 4.96. The maximum Gasteiger partial charge on any atom is 0.152 e. The molecule has 3 nitrogen and oxygen atoms in total. The monoisotopic (exact) mass is 462 g/mol. The van der Waals surface area contributed by atoms with Gasteiger partial charge in [0.25, 0.3) is 0 Å². The lowest BCUT2D eigenvalue weighted by Gasteiger charge is -2.32. The van der Waals surface area contributed by atoms with Gasteiger partial charge in [-0.15, -0.1) is 0 Å². The van der Waals surface area contributed by atoms with Crippen LogP contribution in [0, 0.1) is 0 Å². The van der Waals surface area contributed by atoms with Crippen molar-refractivity contribution < 1.29 is 4.74 Å². The van der Waals surface area contributed by atoms with Crippen LogP contribution in [0.15, 0.2) is 133 Å². The summed E-state index contributed by atoms with van der Waals surface area (Å²) >= 11 is 0. The molecule has 6 aromatic rings. The number of aromatic nitrogens is 1. The van der Waals surface area contributed by atoms with Gasteiger partial charge in [-0.25, -0.2) is 4.98 Å². The first-order chi connectivity index (χ1) is 17.8. The Balaban J connectivity index is 1.46. The summed E-state index contributed by atoms with van der Waals surface area (Å²) in [6.07, 6.45) is 0. The minimum Gasteiger partial charge on any atom is -0.453 e. The van der Waals surface area contributed by atoms with E-state index in [1.54, 1.807) is 0 Å². The molecule has 1 aromatic heterocycles. The van der Waals surface area contributed by atoms with Crippen LogP contribution in [0.4, 0.5) is 17.2 Å². The zero-order valence-electron chi connectivity index (χ0n) is 19.5. The Kier molecular flexibility index (Phi) is 4.78. The standard InChI is InChI=1S/C33H22N2O/c1-3-11-23(12-4-1)26-16-9-15-25-21-32-30(22-27(25)26)35(29-18-7-8-19-31(29)36-32)33-20-10-17-28(34-33)24-13-5-2-6-14-24/h1-22H. The average Bonchev–Trinajstić information content (AvgIpc) is 2.95. The van der Waals surface area contributed by atoms with E-state index in [0.717, 1.165) is 45.3 Å². The van der Waals surface area contributed by atoms with E-state index in [2.05, 4.69) is 95.9 Å². The highest BCUT2D eigenvalue weighted by atomic mass is 16.5. The second-order valence-corrected chi connectivity index (χ2v) is 8.86. The minimum atomic E-state index is 0.815. The van der Waals surface area contributed by atoms with Gasteiger partial charge in [0.2, 0.25) is 0 Å². The molecule has 5 aromatic carbocycles. The number of fused-ring (bicyclic) bond motifs is 3. The first-order valence-corrected chi connectivity index (χ1v) is 12.1. The molecule has 0 N–H and O–H groups in total. The van der Waals surface area contributed by atoms with Gasteiger partial charge in [-0.2, -0.15) is 0 Å². The molecule has 1 aliphatic rings. The molecule has 0 amide bonds. The second kappa shape index (κ2) is 8.40. The summed E-state index contributed by atoms with van der Waals surface area (Å²) in [5.74, 6) is 2.48. The molecule has 0 radical (unpaired) electrons. The zero-order chi connectivity index (χ0) is 23.9. The first kappa shape index (κ1) is 20.5. The summed E-state index contributed by atoms with van der Waals surface area (Å²) in [5.41, 5.74) is 6.36. The van der Waals surface area contributed by atoms with Crippen LogP contribution in [0.5, 0.6) is 11.5 Å². The molecule has 0 fully saturated rings. The van der Waals surface area contributed by atoms with Crippen LogP contribution >= 0.6 is 0 Å². The molecule has 0 unspecified atom stereocenters. The van der Waals surface area contributed by atoms with Gasteiger partial charge in [0.1, 0.15) is 5.82 Å². The van der Waals surface area contributed by atoms with Gasteiger partial charge < -0.3 is 4.74 Å². The highest BCUT2D eigenvalue weighted by Gasteiger charge is 2.27. The van der Waals surface area contributed by atoms with Crippen molar-refractivity contribution >= 4 is 28.0 Å². The van der Waals surface area contributed by atoms with E-state index in [1.807, 2.05) is 42.5 Å². The highest BCUT2D eigenvalue weighted by molar-refractivity contribution is 6.02. The highest BCUT2D eigenvalue weighted by Crippen LogP contribution is 2.51. The van der Waals surface area contributed by atoms with Crippen LogP contribution in [0.2, 0.25) is 0 Å². The molecule has 0 bridgehead atoms. The van der Waals surface area contributed by atoms with Crippen LogP contribution in [0.3, 0.4) is 0 Å². The number of pyridine rings is 1. The Bertz CT molecular complexity index is 1710. The molecule has 0 atom stereocenters. The van der Waals surface area contributed by atoms with E-state index in [4.69, 9.17) is 9.72 Å². The number of benzene rings is 5. The predicted octanol–water partition coefficient (Wildman–Crippen LogP) is 9.14. The topological polar surface area (TPSA) is 25.4 Å². The lowest BCUT2D eigenvalue weighted by atomic mass is 9.97. The van der Waals surface area contributed by atoms with Gasteiger partial charge in [0.15, 0.2) is 11.5 Å². The fraction of sp³-hybridized carbons (Fsp3) is 0. The summed E-state index contributed by atoms with van der Waals surface area (Å²) in [7, 11) is 0. The number of rotatable bonds is 3. The lowest BCUT2D eigenvalue weighted by Crippen LogP contribution is -2.17. The molecule has 170 valence electrons. The Labute approximate surface area is 209 Å². The summed E-state index contributed by atoms with van der Waals surface area (Å²) in [4.78, 5) is 7.31. The normalized spacial score (nSPS) is 12.1. The van der Waals surface area contributed by atoms with E-state index in [0.29, 0.717) is 0 Å². The number of para-hydroxylation sites is 2. The average molecular weight is 463 g/mol. The van der Waals surface area contributed by atoms with Gasteiger partial charge in [0.05, 0.1) is 17.1 Å². The molecular weight excluding hydrogens is 440 g/mol. The van der Waals surface area contributed by atoms with Crippen molar-refractivity contribution in [2.75, 3.05) is 4.90 Å².